The Hall–Kier alpha value is -2.99. The summed E-state index contributed by atoms with van der Waals surface area (Å²) in [5.41, 5.74) is 2.37. The minimum absolute atomic E-state index is 0. The Bertz CT molecular complexity index is 1310. The van der Waals surface area contributed by atoms with E-state index in [-0.39, 0.29) is 22.8 Å². The van der Waals surface area contributed by atoms with Gasteiger partial charge in [-0.2, -0.15) is 0 Å². The van der Waals surface area contributed by atoms with E-state index in [9.17, 15) is 10.1 Å². The second kappa shape index (κ2) is 13.9. The minimum atomic E-state index is -0.443. The van der Waals surface area contributed by atoms with Crippen LogP contribution < -0.4 is 4.90 Å². The summed E-state index contributed by atoms with van der Waals surface area (Å²) >= 11 is 6.61. The van der Waals surface area contributed by atoms with Crippen LogP contribution in [-0.4, -0.2) is 15.7 Å². The maximum atomic E-state index is 11.4. The van der Waals surface area contributed by atoms with Gasteiger partial charge in [0.05, 0.1) is 16.0 Å². The summed E-state index contributed by atoms with van der Waals surface area (Å²) in [6.45, 7) is 0. The summed E-state index contributed by atoms with van der Waals surface area (Å²) in [5, 5.41) is 11.9. The van der Waals surface area contributed by atoms with Crippen LogP contribution in [-0.2, 0) is 17.1 Å². The van der Waals surface area contributed by atoms with E-state index in [1.54, 1.807) is 18.3 Å². The van der Waals surface area contributed by atoms with Crippen molar-refractivity contribution in [2.45, 2.75) is 6.04 Å². The molecule has 0 bridgehead atoms. The van der Waals surface area contributed by atoms with Gasteiger partial charge in [-0.25, -0.2) is 4.98 Å². The standard InChI is InChI=1S/C26H18ClN4O2.C5H5.Fe/c27-22-13-4-3-12-21(22)26-29-23(19-10-7-11-20(16-19)31(32)33)17-24(18-8-1-2-9-18)30(26)25-14-5-6-15-28-25;1-2-4-5-3-1;/h1-17,23H;1-5H;/q;;+2. The van der Waals surface area contributed by atoms with Crippen LogP contribution in [0.25, 0.3) is 0 Å². The number of anilines is 1. The first-order valence-electron chi connectivity index (χ1n) is 12.0. The fraction of sp³-hybridized carbons (Fsp3) is 0.0323. The molecule has 3 aliphatic rings. The molecule has 2 fully saturated rings. The summed E-state index contributed by atoms with van der Waals surface area (Å²) in [5.74, 6) is 2.30. The van der Waals surface area contributed by atoms with Crippen LogP contribution in [0.4, 0.5) is 11.5 Å². The molecular weight excluding hydrogens is 552 g/mol. The van der Waals surface area contributed by atoms with Crippen LogP contribution in [0.2, 0.25) is 5.02 Å². The van der Waals surface area contributed by atoms with Gasteiger partial charge >= 0.3 is 17.1 Å². The molecule has 39 heavy (non-hydrogen) atoms. The summed E-state index contributed by atoms with van der Waals surface area (Å²) in [6, 6.07) is 19.3. The second-order valence-corrected chi connectivity index (χ2v) is 8.85. The van der Waals surface area contributed by atoms with E-state index in [0.29, 0.717) is 16.7 Å². The number of amidine groups is 1. The van der Waals surface area contributed by atoms with Crippen LogP contribution in [0.3, 0.4) is 0 Å². The largest absolute Gasteiger partial charge is 2.00 e. The first-order valence-corrected chi connectivity index (χ1v) is 12.4. The van der Waals surface area contributed by atoms with Gasteiger partial charge in [0.1, 0.15) is 11.7 Å². The number of nitro benzene ring substituents is 1. The van der Waals surface area contributed by atoms with Gasteiger partial charge in [0.15, 0.2) is 0 Å². The van der Waals surface area contributed by atoms with Crippen LogP contribution in [0.15, 0.2) is 89.7 Å². The van der Waals surface area contributed by atoms with E-state index < -0.39 is 11.0 Å². The minimum Gasteiger partial charge on any atom is -0.282 e. The van der Waals surface area contributed by atoms with E-state index in [1.165, 1.54) is 6.07 Å². The molecule has 2 saturated carbocycles. The Kier molecular flexibility index (Phi) is 10.3. The number of allylic oxidation sites excluding steroid dienone is 1. The van der Waals surface area contributed by atoms with E-state index in [1.807, 2.05) is 117 Å². The molecule has 0 saturated heterocycles. The summed E-state index contributed by atoms with van der Waals surface area (Å²) < 4.78 is 0. The van der Waals surface area contributed by atoms with E-state index in [0.717, 1.165) is 22.7 Å². The third kappa shape index (κ3) is 6.96. The number of aromatic nitrogens is 1. The number of nitro groups is 1. The number of hydrogen-bond donors (Lipinski definition) is 0. The molecule has 0 amide bonds. The molecule has 1 atom stereocenters. The molecule has 0 N–H and O–H groups in total. The van der Waals surface area contributed by atoms with Gasteiger partial charge < -0.3 is 0 Å². The smallest absolute Gasteiger partial charge is 0.282 e. The molecule has 2 aromatic carbocycles. The monoisotopic (exact) mass is 574 g/mol. The van der Waals surface area contributed by atoms with E-state index >= 15 is 0 Å². The van der Waals surface area contributed by atoms with Crippen molar-refractivity contribution in [1.82, 2.24) is 4.98 Å². The first-order chi connectivity index (χ1) is 18.6. The molecule has 3 aromatic rings. The number of nitrogens with zero attached hydrogens (tertiary/aromatic N) is 4. The maximum absolute atomic E-state index is 11.4. The molecule has 1 aromatic heterocycles. The molecule has 2 heterocycles. The molecule has 192 valence electrons. The predicted octanol–water partition coefficient (Wildman–Crippen LogP) is 6.96. The molecule has 8 heteroatoms. The number of hydrogen-bond acceptors (Lipinski definition) is 5. The Labute approximate surface area is 245 Å². The Morgan fingerprint density at radius 3 is 2.18 bits per heavy atom. The van der Waals surface area contributed by atoms with Gasteiger partial charge in [0.25, 0.3) is 5.69 Å². The molecule has 6 nitrogen and oxygen atoms in total. The third-order valence-corrected chi connectivity index (χ3v) is 6.29. The van der Waals surface area contributed by atoms with Crippen LogP contribution >= 0.6 is 11.6 Å². The topological polar surface area (TPSA) is 71.6 Å². The Balaban J connectivity index is 0.000000530. The van der Waals surface area contributed by atoms with Crippen LogP contribution in [0.5, 0.6) is 0 Å². The van der Waals surface area contributed by atoms with Crippen molar-refractivity contribution in [1.29, 1.82) is 0 Å². The SMILES string of the molecule is O=[N+]([O-])c1cccc(C2C=C([C]3[CH][CH][CH][CH]3)N(c3ccccn3)C(c3ccccc3Cl)=N2)c1.[CH]1[CH][CH][CH][CH]1.[Fe+2]. The van der Waals surface area contributed by atoms with Crippen LogP contribution in [0, 0.1) is 73.8 Å². The summed E-state index contributed by atoms with van der Waals surface area (Å²) in [7, 11) is 0. The number of pyridine rings is 1. The fourth-order valence-corrected chi connectivity index (χ4v) is 4.42. The molecule has 10 radical (unpaired) electrons. The normalized spacial score (nSPS) is 18.9. The zero-order chi connectivity index (χ0) is 26.3. The van der Waals surface area contributed by atoms with E-state index in [2.05, 4.69) is 4.98 Å². The predicted molar refractivity (Wildman–Crippen MR) is 151 cm³/mol. The average molecular weight is 575 g/mol. The van der Waals surface area contributed by atoms with Gasteiger partial charge in [0.2, 0.25) is 0 Å². The number of non-ortho nitro benzene ring substituents is 1. The molecule has 6 rings (SSSR count). The van der Waals surface area contributed by atoms with E-state index in [4.69, 9.17) is 16.6 Å². The van der Waals surface area contributed by atoms with Crippen molar-refractivity contribution < 1.29 is 22.0 Å². The third-order valence-electron chi connectivity index (χ3n) is 5.96. The van der Waals surface area contributed by atoms with Crippen molar-refractivity contribution >= 4 is 28.9 Å². The van der Waals surface area contributed by atoms with Crippen LogP contribution in [0.1, 0.15) is 17.2 Å². The molecule has 1 unspecified atom stereocenters. The Morgan fingerprint density at radius 2 is 1.54 bits per heavy atom. The molecule has 1 aliphatic heterocycles. The van der Waals surface area contributed by atoms with Crippen molar-refractivity contribution in [2.75, 3.05) is 4.90 Å². The van der Waals surface area contributed by atoms with Gasteiger partial charge in [-0.3, -0.25) is 20.0 Å². The van der Waals surface area contributed by atoms with Crippen molar-refractivity contribution in [3.63, 3.8) is 0 Å². The van der Waals surface area contributed by atoms with Gasteiger partial charge in [-0.1, -0.05) is 41.9 Å². The van der Waals surface area contributed by atoms with Crippen molar-refractivity contribution in [3.8, 4) is 0 Å². The number of rotatable bonds is 5. The van der Waals surface area contributed by atoms with Gasteiger partial charge in [-0.05, 0) is 93.7 Å². The summed E-state index contributed by atoms with van der Waals surface area (Å²) in [4.78, 5) is 22.6. The van der Waals surface area contributed by atoms with Crippen molar-refractivity contribution in [3.05, 3.63) is 175 Å². The maximum Gasteiger partial charge on any atom is 2.00 e. The van der Waals surface area contributed by atoms with Gasteiger partial charge in [0, 0.05) is 35.5 Å². The second-order valence-electron chi connectivity index (χ2n) is 8.44. The Morgan fingerprint density at radius 1 is 0.846 bits per heavy atom. The summed E-state index contributed by atoms with van der Waals surface area (Å²) in [6.07, 6.45) is 21.7. The zero-order valence-electron chi connectivity index (χ0n) is 20.6. The van der Waals surface area contributed by atoms with Gasteiger partial charge in [-0.15, -0.1) is 0 Å². The number of aliphatic imine (C=N–C) groups is 1. The number of benzene rings is 2. The fourth-order valence-electron chi connectivity index (χ4n) is 4.20. The molecular formula is C31H23ClFeN4O2+2. The average Bonchev–Trinajstić information content (AvgIpc) is 3.71. The molecule has 0 spiro atoms. The molecule has 2 aliphatic carbocycles. The van der Waals surface area contributed by atoms with Crippen molar-refractivity contribution in [2.24, 2.45) is 4.99 Å². The quantitative estimate of drug-likeness (QED) is 0.188. The number of halogens is 1. The first kappa shape index (κ1) is 29.0. The zero-order valence-corrected chi connectivity index (χ0v) is 22.5.